The largest absolute Gasteiger partial charge is 0.345 e. The van der Waals surface area contributed by atoms with Crippen molar-refractivity contribution in [2.24, 2.45) is 0 Å². The Morgan fingerprint density at radius 2 is 2.25 bits per heavy atom. The molecule has 0 aromatic carbocycles. The van der Waals surface area contributed by atoms with E-state index in [1.54, 1.807) is 12.5 Å². The normalized spacial score (nSPS) is 15.0. The zero-order valence-electron chi connectivity index (χ0n) is 8.68. The minimum Gasteiger partial charge on any atom is -0.345 e. The molecule has 2 aromatic rings. The Bertz CT molecular complexity index is 515. The summed E-state index contributed by atoms with van der Waals surface area (Å²) in [6.07, 6.45) is 6.48. The van der Waals surface area contributed by atoms with Crippen molar-refractivity contribution < 1.29 is 4.79 Å². The molecule has 16 heavy (non-hydrogen) atoms. The first-order chi connectivity index (χ1) is 7.88. The molecule has 1 aliphatic rings. The van der Waals surface area contributed by atoms with Gasteiger partial charge in [-0.3, -0.25) is 4.79 Å². The Labute approximate surface area is 92.8 Å². The molecule has 4 heteroatoms. The van der Waals surface area contributed by atoms with Crippen molar-refractivity contribution in [3.63, 3.8) is 0 Å². The second-order valence-electron chi connectivity index (χ2n) is 4.03. The molecule has 80 valence electrons. The third kappa shape index (κ3) is 1.52. The van der Waals surface area contributed by atoms with Crippen LogP contribution in [0.3, 0.4) is 0 Å². The fraction of sp³-hybridized carbons (Fsp3) is 0.250. The standard InChI is InChI=1S/C12H11N3O/c16-6-12-9(11-5-13-7-14-11)3-4-10(15-12)8-1-2-8/h3-8H,1-2H2,(H,13,14). The van der Waals surface area contributed by atoms with Crippen molar-refractivity contribution in [3.8, 4) is 11.3 Å². The quantitative estimate of drug-likeness (QED) is 0.795. The van der Waals surface area contributed by atoms with Gasteiger partial charge in [-0.05, 0) is 25.0 Å². The van der Waals surface area contributed by atoms with Gasteiger partial charge in [-0.15, -0.1) is 0 Å². The lowest BCUT2D eigenvalue weighted by Gasteiger charge is -2.04. The average Bonchev–Trinajstić information content (AvgIpc) is 3.04. The number of hydrogen-bond donors (Lipinski definition) is 1. The second-order valence-corrected chi connectivity index (χ2v) is 4.03. The second kappa shape index (κ2) is 3.56. The van der Waals surface area contributed by atoms with Gasteiger partial charge >= 0.3 is 0 Å². The molecule has 2 aromatic heterocycles. The number of H-pyrrole nitrogens is 1. The van der Waals surface area contributed by atoms with E-state index in [0.29, 0.717) is 11.6 Å². The summed E-state index contributed by atoms with van der Waals surface area (Å²) >= 11 is 0. The van der Waals surface area contributed by atoms with E-state index in [4.69, 9.17) is 0 Å². The molecule has 1 saturated carbocycles. The van der Waals surface area contributed by atoms with Crippen LogP contribution in [0.1, 0.15) is 34.9 Å². The monoisotopic (exact) mass is 213 g/mol. The highest BCUT2D eigenvalue weighted by atomic mass is 16.1. The van der Waals surface area contributed by atoms with E-state index < -0.39 is 0 Å². The fourth-order valence-corrected chi connectivity index (χ4v) is 1.82. The number of nitrogens with zero attached hydrogens (tertiary/aromatic N) is 2. The molecular weight excluding hydrogens is 202 g/mol. The van der Waals surface area contributed by atoms with E-state index in [0.717, 1.165) is 23.2 Å². The number of pyridine rings is 1. The van der Waals surface area contributed by atoms with Gasteiger partial charge in [-0.2, -0.15) is 0 Å². The number of aromatic amines is 1. The molecule has 1 fully saturated rings. The van der Waals surface area contributed by atoms with Crippen LogP contribution in [0.15, 0.2) is 24.7 Å². The molecule has 0 unspecified atom stereocenters. The maximum atomic E-state index is 11.0. The SMILES string of the molecule is O=Cc1nc(C2CC2)ccc1-c1cnc[nH]1. The summed E-state index contributed by atoms with van der Waals surface area (Å²) in [6.45, 7) is 0. The van der Waals surface area contributed by atoms with Crippen LogP contribution in [0.2, 0.25) is 0 Å². The summed E-state index contributed by atoms with van der Waals surface area (Å²) < 4.78 is 0. The van der Waals surface area contributed by atoms with Crippen LogP contribution in [-0.4, -0.2) is 21.2 Å². The number of aldehydes is 1. The van der Waals surface area contributed by atoms with E-state index in [2.05, 4.69) is 15.0 Å². The van der Waals surface area contributed by atoms with Crippen LogP contribution in [-0.2, 0) is 0 Å². The van der Waals surface area contributed by atoms with Gasteiger partial charge in [0.25, 0.3) is 0 Å². The first kappa shape index (κ1) is 9.27. The molecule has 1 N–H and O–H groups in total. The van der Waals surface area contributed by atoms with Crippen molar-refractivity contribution in [1.82, 2.24) is 15.0 Å². The average molecular weight is 213 g/mol. The van der Waals surface area contributed by atoms with Gasteiger partial charge in [0.2, 0.25) is 0 Å². The molecule has 0 atom stereocenters. The van der Waals surface area contributed by atoms with E-state index in [9.17, 15) is 4.79 Å². The predicted molar refractivity (Wildman–Crippen MR) is 59.2 cm³/mol. The number of hydrogen-bond acceptors (Lipinski definition) is 3. The van der Waals surface area contributed by atoms with E-state index in [1.165, 1.54) is 12.8 Å². The first-order valence-electron chi connectivity index (χ1n) is 5.33. The summed E-state index contributed by atoms with van der Waals surface area (Å²) in [6, 6.07) is 3.94. The van der Waals surface area contributed by atoms with Crippen LogP contribution < -0.4 is 0 Å². The zero-order chi connectivity index (χ0) is 11.0. The van der Waals surface area contributed by atoms with Gasteiger partial charge in [-0.25, -0.2) is 9.97 Å². The molecule has 0 aliphatic heterocycles. The summed E-state index contributed by atoms with van der Waals surface area (Å²) in [5.41, 5.74) is 3.17. The molecule has 0 amide bonds. The van der Waals surface area contributed by atoms with E-state index in [1.807, 2.05) is 12.1 Å². The van der Waals surface area contributed by atoms with Gasteiger partial charge in [0.05, 0.1) is 18.2 Å². The Morgan fingerprint density at radius 3 is 2.88 bits per heavy atom. The highest BCUT2D eigenvalue weighted by molar-refractivity contribution is 5.83. The van der Waals surface area contributed by atoms with Gasteiger partial charge in [0.15, 0.2) is 6.29 Å². The highest BCUT2D eigenvalue weighted by Gasteiger charge is 2.25. The minimum atomic E-state index is 0.494. The van der Waals surface area contributed by atoms with Crippen molar-refractivity contribution in [2.45, 2.75) is 18.8 Å². The Kier molecular flexibility index (Phi) is 2.06. The summed E-state index contributed by atoms with van der Waals surface area (Å²) in [5, 5.41) is 0. The smallest absolute Gasteiger partial charge is 0.169 e. The molecule has 0 radical (unpaired) electrons. The molecular formula is C12H11N3O. The van der Waals surface area contributed by atoms with Gasteiger partial charge in [0.1, 0.15) is 5.69 Å². The lowest BCUT2D eigenvalue weighted by atomic mass is 10.1. The predicted octanol–water partition coefficient (Wildman–Crippen LogP) is 2.16. The molecule has 4 nitrogen and oxygen atoms in total. The number of imidazole rings is 1. The lowest BCUT2D eigenvalue weighted by molar-refractivity contribution is 0.111. The lowest BCUT2D eigenvalue weighted by Crippen LogP contribution is -1.96. The van der Waals surface area contributed by atoms with E-state index in [-0.39, 0.29) is 0 Å². The number of aromatic nitrogens is 3. The van der Waals surface area contributed by atoms with Gasteiger partial charge in [0, 0.05) is 17.2 Å². The highest BCUT2D eigenvalue weighted by Crippen LogP contribution is 2.39. The molecule has 3 rings (SSSR count). The van der Waals surface area contributed by atoms with Crippen molar-refractivity contribution in [3.05, 3.63) is 36.0 Å². The maximum absolute atomic E-state index is 11.0. The van der Waals surface area contributed by atoms with Gasteiger partial charge < -0.3 is 4.98 Å². The van der Waals surface area contributed by atoms with Crippen LogP contribution in [0.25, 0.3) is 11.3 Å². The summed E-state index contributed by atoms with van der Waals surface area (Å²) in [7, 11) is 0. The third-order valence-corrected chi connectivity index (χ3v) is 2.84. The fourth-order valence-electron chi connectivity index (χ4n) is 1.82. The molecule has 1 aliphatic carbocycles. The van der Waals surface area contributed by atoms with Gasteiger partial charge in [-0.1, -0.05) is 0 Å². The minimum absolute atomic E-state index is 0.494. The number of carbonyl (C=O) groups is 1. The number of carbonyl (C=O) groups excluding carboxylic acids is 1. The first-order valence-corrected chi connectivity index (χ1v) is 5.33. The Balaban J connectivity index is 2.08. The number of nitrogens with one attached hydrogen (secondary N) is 1. The molecule has 2 heterocycles. The van der Waals surface area contributed by atoms with Crippen molar-refractivity contribution in [1.29, 1.82) is 0 Å². The Hall–Kier alpha value is -1.97. The molecule has 0 spiro atoms. The van der Waals surface area contributed by atoms with Crippen LogP contribution in [0, 0.1) is 0 Å². The van der Waals surface area contributed by atoms with Crippen molar-refractivity contribution >= 4 is 6.29 Å². The topological polar surface area (TPSA) is 58.6 Å². The third-order valence-electron chi connectivity index (χ3n) is 2.84. The van der Waals surface area contributed by atoms with E-state index >= 15 is 0 Å². The van der Waals surface area contributed by atoms with Crippen molar-refractivity contribution in [2.75, 3.05) is 0 Å². The van der Waals surface area contributed by atoms with Crippen LogP contribution in [0.4, 0.5) is 0 Å². The number of rotatable bonds is 3. The zero-order valence-corrected chi connectivity index (χ0v) is 8.68. The molecule has 0 bridgehead atoms. The summed E-state index contributed by atoms with van der Waals surface area (Å²) in [4.78, 5) is 22.3. The summed E-state index contributed by atoms with van der Waals surface area (Å²) in [5.74, 6) is 0.564. The Morgan fingerprint density at radius 1 is 1.38 bits per heavy atom. The van der Waals surface area contributed by atoms with Crippen LogP contribution in [0.5, 0.6) is 0 Å². The molecule has 0 saturated heterocycles. The van der Waals surface area contributed by atoms with Crippen LogP contribution >= 0.6 is 0 Å². The maximum Gasteiger partial charge on any atom is 0.169 e.